The van der Waals surface area contributed by atoms with Crippen molar-refractivity contribution in [3.8, 4) is 34.1 Å². The van der Waals surface area contributed by atoms with E-state index in [1.54, 1.807) is 7.11 Å². The summed E-state index contributed by atoms with van der Waals surface area (Å²) >= 11 is 0. The molecule has 1 saturated heterocycles. The maximum absolute atomic E-state index is 14.2. The van der Waals surface area contributed by atoms with Gasteiger partial charge in [-0.25, -0.2) is 19.6 Å². The molecule has 1 aliphatic carbocycles. The molecule has 290 valence electrons. The van der Waals surface area contributed by atoms with Crippen LogP contribution in [0.1, 0.15) is 50.0 Å². The second kappa shape index (κ2) is 16.1. The zero-order valence-corrected chi connectivity index (χ0v) is 31.4. The lowest BCUT2D eigenvalue weighted by atomic mass is 10.0. The number of nitrogens with zero attached hydrogens (tertiary/aromatic N) is 3. The summed E-state index contributed by atoms with van der Waals surface area (Å²) in [5.41, 5.74) is 1.64. The summed E-state index contributed by atoms with van der Waals surface area (Å²) in [6, 6.07) is 24.0. The molecule has 2 fully saturated rings. The second-order valence-corrected chi connectivity index (χ2v) is 14.7. The lowest BCUT2D eigenvalue weighted by Gasteiger charge is -2.28. The molecule has 3 aromatic carbocycles. The molecule has 5 aromatic rings. The van der Waals surface area contributed by atoms with E-state index in [1.165, 1.54) is 11.3 Å². The highest BCUT2D eigenvalue weighted by Crippen LogP contribution is 2.37. The van der Waals surface area contributed by atoms with Crippen LogP contribution in [-0.2, 0) is 9.59 Å². The summed E-state index contributed by atoms with van der Waals surface area (Å²) in [5.74, 6) is -0.553. The molecular formula is C42H44N6O8. The molecule has 14 heteroatoms. The van der Waals surface area contributed by atoms with Gasteiger partial charge in [0, 0.05) is 47.7 Å². The third-order valence-electron chi connectivity index (χ3n) is 10.1. The van der Waals surface area contributed by atoms with Crippen molar-refractivity contribution in [3.05, 3.63) is 97.0 Å². The number of hydrogen-bond acceptors (Lipinski definition) is 9. The van der Waals surface area contributed by atoms with E-state index in [1.807, 2.05) is 98.8 Å². The predicted molar refractivity (Wildman–Crippen MR) is 207 cm³/mol. The van der Waals surface area contributed by atoms with E-state index in [2.05, 4.69) is 20.9 Å². The monoisotopic (exact) mass is 760 g/mol. The summed E-state index contributed by atoms with van der Waals surface area (Å²) in [7, 11) is 1.58. The highest BCUT2D eigenvalue weighted by molar-refractivity contribution is 5.98. The average molecular weight is 761 g/mol. The quantitative estimate of drug-likeness (QED) is 0.110. The van der Waals surface area contributed by atoms with Crippen molar-refractivity contribution in [1.29, 1.82) is 0 Å². The number of carbonyl (C=O) groups excluding carboxylic acids is 3. The van der Waals surface area contributed by atoms with Crippen LogP contribution in [0.25, 0.3) is 33.5 Å². The molecule has 1 saturated carbocycles. The molecule has 3 heterocycles. The zero-order chi connectivity index (χ0) is 39.4. The number of pyridine rings is 1. The smallest absolute Gasteiger partial charge is 0.329 e. The third-order valence-corrected chi connectivity index (χ3v) is 10.1. The van der Waals surface area contributed by atoms with Gasteiger partial charge >= 0.3 is 12.0 Å². The number of methoxy groups -OCH3 is 1. The van der Waals surface area contributed by atoms with Gasteiger partial charge in [-0.3, -0.25) is 9.59 Å². The summed E-state index contributed by atoms with van der Waals surface area (Å²) < 4.78 is 17.6. The first kappa shape index (κ1) is 37.9. The summed E-state index contributed by atoms with van der Waals surface area (Å²) in [6.45, 7) is 4.11. The fourth-order valence-corrected chi connectivity index (χ4v) is 7.05. The Labute approximate surface area is 323 Å². The highest BCUT2D eigenvalue weighted by Gasteiger charge is 2.54. The van der Waals surface area contributed by atoms with Gasteiger partial charge in [-0.15, -0.1) is 0 Å². The molecule has 4 amide bonds. The molecule has 14 nitrogen and oxygen atoms in total. The molecule has 0 radical (unpaired) electrons. The van der Waals surface area contributed by atoms with E-state index in [0.29, 0.717) is 58.7 Å². The maximum Gasteiger partial charge on any atom is 0.329 e. The number of urea groups is 1. The van der Waals surface area contributed by atoms with Crippen molar-refractivity contribution in [2.45, 2.75) is 63.3 Å². The van der Waals surface area contributed by atoms with Gasteiger partial charge in [-0.2, -0.15) is 0 Å². The van der Waals surface area contributed by atoms with Crippen LogP contribution < -0.4 is 25.4 Å². The van der Waals surface area contributed by atoms with Crippen LogP contribution in [0.15, 0.2) is 95.7 Å². The number of ether oxygens (including phenoxy) is 2. The predicted octanol–water partition coefficient (Wildman–Crippen LogP) is 5.67. The number of carboxylic acid groups (broad SMARTS) is 1. The van der Waals surface area contributed by atoms with Crippen molar-refractivity contribution in [2.75, 3.05) is 20.2 Å². The first-order valence-electron chi connectivity index (χ1n) is 18.6. The van der Waals surface area contributed by atoms with Gasteiger partial charge in [-0.1, -0.05) is 74.5 Å². The normalized spacial score (nSPS) is 17.6. The van der Waals surface area contributed by atoms with Crippen LogP contribution in [-0.4, -0.2) is 87.7 Å². The zero-order valence-electron chi connectivity index (χ0n) is 31.4. The standard InChI is InChI=1S/C42H44N6O8/c1-25(2)18-28(22-43-39(50)36-37(55-24-44-36)27-12-8-5-9-13-27)45-41(53)48-23-30(20-34(48)38(49)47-42(16-17-42)40(51)52)56-35-21-32(26-10-6-4-7-11-26)46-33-19-29(54-3)14-15-31(33)35/h4-15,19,21,24-25,28,30,34H,16-18,20,22-23H2,1-3H3,(H,43,50)(H,45,53)(H,47,49)(H,51,52)/t28-,30+,34?/m0/s1. The van der Waals surface area contributed by atoms with Crippen molar-refractivity contribution < 1.29 is 38.2 Å². The van der Waals surface area contributed by atoms with E-state index >= 15 is 0 Å². The van der Waals surface area contributed by atoms with Crippen LogP contribution in [0.5, 0.6) is 11.5 Å². The van der Waals surface area contributed by atoms with Gasteiger partial charge in [0.2, 0.25) is 5.91 Å². The van der Waals surface area contributed by atoms with Crippen LogP contribution >= 0.6 is 0 Å². The minimum atomic E-state index is -1.35. The average Bonchev–Trinajstić information content (AvgIpc) is 3.60. The Kier molecular flexibility index (Phi) is 10.9. The van der Waals surface area contributed by atoms with E-state index in [9.17, 15) is 24.3 Å². The number of carbonyl (C=O) groups is 4. The molecule has 56 heavy (non-hydrogen) atoms. The Balaban J connectivity index is 1.12. The Morgan fingerprint density at radius 2 is 1.70 bits per heavy atom. The first-order valence-corrected chi connectivity index (χ1v) is 18.6. The van der Waals surface area contributed by atoms with Gasteiger partial charge in [0.05, 0.1) is 24.9 Å². The molecule has 1 unspecified atom stereocenters. The number of hydrogen-bond donors (Lipinski definition) is 4. The van der Waals surface area contributed by atoms with Crippen LogP contribution in [0.3, 0.4) is 0 Å². The first-order chi connectivity index (χ1) is 27.0. The van der Waals surface area contributed by atoms with Crippen molar-refractivity contribution in [2.24, 2.45) is 5.92 Å². The molecule has 2 aliphatic rings. The Morgan fingerprint density at radius 3 is 2.36 bits per heavy atom. The van der Waals surface area contributed by atoms with E-state index in [4.69, 9.17) is 18.9 Å². The van der Waals surface area contributed by atoms with E-state index in [-0.39, 0.29) is 31.1 Å². The number of oxazole rings is 1. The Bertz CT molecular complexity index is 2220. The molecule has 1 aliphatic heterocycles. The summed E-state index contributed by atoms with van der Waals surface area (Å²) in [4.78, 5) is 63.8. The molecular weight excluding hydrogens is 716 g/mol. The number of benzene rings is 3. The second-order valence-electron chi connectivity index (χ2n) is 14.7. The van der Waals surface area contributed by atoms with Crippen LogP contribution in [0, 0.1) is 5.92 Å². The third kappa shape index (κ3) is 8.28. The van der Waals surface area contributed by atoms with Gasteiger partial charge in [-0.05, 0) is 37.3 Å². The number of aromatic nitrogens is 2. The van der Waals surface area contributed by atoms with Crippen molar-refractivity contribution >= 4 is 34.7 Å². The van der Waals surface area contributed by atoms with Gasteiger partial charge < -0.3 is 39.8 Å². The molecule has 3 atom stereocenters. The number of amides is 4. The molecule has 4 N–H and O–H groups in total. The molecule has 0 bridgehead atoms. The number of fused-ring (bicyclic) bond motifs is 1. The van der Waals surface area contributed by atoms with Crippen molar-refractivity contribution in [3.63, 3.8) is 0 Å². The van der Waals surface area contributed by atoms with Crippen LogP contribution in [0.4, 0.5) is 4.79 Å². The lowest BCUT2D eigenvalue weighted by Crippen LogP contribution is -2.56. The number of nitrogens with one attached hydrogen (secondary N) is 3. The molecule has 2 aromatic heterocycles. The van der Waals surface area contributed by atoms with Gasteiger partial charge in [0.25, 0.3) is 5.91 Å². The minimum Gasteiger partial charge on any atom is -0.497 e. The van der Waals surface area contributed by atoms with E-state index < -0.39 is 47.5 Å². The molecule has 0 spiro atoms. The fourth-order valence-electron chi connectivity index (χ4n) is 7.05. The lowest BCUT2D eigenvalue weighted by molar-refractivity contribution is -0.143. The topological polar surface area (TPSA) is 185 Å². The fraction of sp³-hybridized carbons (Fsp3) is 0.333. The Hall–Kier alpha value is -6.44. The maximum atomic E-state index is 14.2. The highest BCUT2D eigenvalue weighted by atomic mass is 16.5. The Morgan fingerprint density at radius 1 is 0.982 bits per heavy atom. The minimum absolute atomic E-state index is 0.0325. The number of likely N-dealkylation sites (tertiary alicyclic amines) is 1. The van der Waals surface area contributed by atoms with Crippen LogP contribution in [0.2, 0.25) is 0 Å². The summed E-state index contributed by atoms with van der Waals surface area (Å²) in [5, 5.41) is 19.2. The van der Waals surface area contributed by atoms with Crippen molar-refractivity contribution in [1.82, 2.24) is 30.8 Å². The summed E-state index contributed by atoms with van der Waals surface area (Å²) in [6.07, 6.45) is 1.80. The SMILES string of the molecule is COc1ccc2c(O[C@@H]3CC(C(=O)NC4(C(=O)O)CC4)N(C(=O)N[C@H](CNC(=O)c4ncoc4-c4ccccc4)CC(C)C)C3)cc(-c3ccccc3)nc2c1. The number of carboxylic acids is 1. The number of aliphatic carboxylic acids is 1. The molecule has 7 rings (SSSR count). The largest absolute Gasteiger partial charge is 0.497 e. The van der Waals surface area contributed by atoms with E-state index in [0.717, 1.165) is 5.56 Å². The van der Waals surface area contributed by atoms with Gasteiger partial charge in [0.1, 0.15) is 29.2 Å². The van der Waals surface area contributed by atoms with Gasteiger partial charge in [0.15, 0.2) is 17.8 Å². The number of rotatable bonds is 14.